The maximum Gasteiger partial charge on any atom is 0.242 e. The summed E-state index contributed by atoms with van der Waals surface area (Å²) in [4.78, 5) is 44.1. The number of hydrogen-bond donors (Lipinski definition) is 1. The van der Waals surface area contributed by atoms with Crippen molar-refractivity contribution in [3.8, 4) is 0 Å². The van der Waals surface area contributed by atoms with Crippen molar-refractivity contribution >= 4 is 35.2 Å². The van der Waals surface area contributed by atoms with Gasteiger partial charge in [0.25, 0.3) is 0 Å². The second-order valence-electron chi connectivity index (χ2n) is 6.56. The summed E-state index contributed by atoms with van der Waals surface area (Å²) in [6, 6.07) is 1.92. The quantitative estimate of drug-likeness (QED) is 0.860. The summed E-state index contributed by atoms with van der Waals surface area (Å²) in [5.41, 5.74) is 7.92. The first-order chi connectivity index (χ1) is 11.9. The molecular weight excluding hydrogens is 340 g/mol. The summed E-state index contributed by atoms with van der Waals surface area (Å²) in [6.07, 6.45) is 1.17. The zero-order valence-corrected chi connectivity index (χ0v) is 15.3. The van der Waals surface area contributed by atoms with Gasteiger partial charge in [0.05, 0.1) is 11.4 Å². The maximum atomic E-state index is 12.7. The van der Waals surface area contributed by atoms with Gasteiger partial charge >= 0.3 is 0 Å². The first-order valence-electron chi connectivity index (χ1n) is 8.35. The summed E-state index contributed by atoms with van der Waals surface area (Å²) in [5, 5.41) is 0.803. The lowest BCUT2D eigenvalue weighted by atomic mass is 9.96. The number of nitrogens with zero attached hydrogens (tertiary/aromatic N) is 3. The van der Waals surface area contributed by atoms with Crippen LogP contribution in [0.2, 0.25) is 0 Å². The van der Waals surface area contributed by atoms with Crippen molar-refractivity contribution < 1.29 is 14.4 Å². The monoisotopic (exact) mass is 362 g/mol. The number of carbonyl (C=O) groups excluding carboxylic acids is 3. The Morgan fingerprint density at radius 1 is 1.32 bits per heavy atom. The van der Waals surface area contributed by atoms with Crippen LogP contribution in [0.4, 0.5) is 5.69 Å². The standard InChI is InChI=1S/C17H22N4O3S/c1-10-7-11(2)19-17-15(10)21(14(23)9-25-17)8-13(22)20-5-3-12(4-6-20)16(18)24/h7,12H,3-6,8-9H2,1-2H3,(H2,18,24). The van der Waals surface area contributed by atoms with Crippen LogP contribution in [-0.4, -0.2) is 53.0 Å². The number of primary amides is 1. The highest BCUT2D eigenvalue weighted by molar-refractivity contribution is 8.00. The van der Waals surface area contributed by atoms with Gasteiger partial charge < -0.3 is 10.6 Å². The minimum absolute atomic E-state index is 0.0131. The number of carbonyl (C=O) groups is 3. The lowest BCUT2D eigenvalue weighted by Crippen LogP contribution is -2.48. The zero-order valence-electron chi connectivity index (χ0n) is 14.4. The second-order valence-corrected chi connectivity index (χ2v) is 7.52. The third-order valence-corrected chi connectivity index (χ3v) is 5.68. The zero-order chi connectivity index (χ0) is 18.1. The molecular formula is C17H22N4O3S. The highest BCUT2D eigenvalue weighted by Gasteiger charge is 2.32. The number of thioether (sulfide) groups is 1. The Hall–Kier alpha value is -2.09. The van der Waals surface area contributed by atoms with Crippen LogP contribution in [0.1, 0.15) is 24.1 Å². The fourth-order valence-corrected chi connectivity index (χ4v) is 4.41. The summed E-state index contributed by atoms with van der Waals surface area (Å²) in [7, 11) is 0. The van der Waals surface area contributed by atoms with E-state index in [1.54, 1.807) is 9.80 Å². The number of aromatic nitrogens is 1. The molecule has 0 spiro atoms. The number of likely N-dealkylation sites (tertiary alicyclic amines) is 1. The predicted molar refractivity (Wildman–Crippen MR) is 95.3 cm³/mol. The molecule has 3 rings (SSSR count). The van der Waals surface area contributed by atoms with Crippen molar-refractivity contribution in [2.24, 2.45) is 11.7 Å². The number of fused-ring (bicyclic) bond motifs is 1. The fraction of sp³-hybridized carbons (Fsp3) is 0.529. The van der Waals surface area contributed by atoms with Gasteiger partial charge in [0.15, 0.2) is 0 Å². The van der Waals surface area contributed by atoms with Crippen LogP contribution in [0.5, 0.6) is 0 Å². The number of rotatable bonds is 3. The molecule has 3 amide bonds. The van der Waals surface area contributed by atoms with E-state index in [1.165, 1.54) is 11.8 Å². The molecule has 1 saturated heterocycles. The highest BCUT2D eigenvalue weighted by Crippen LogP contribution is 2.36. The van der Waals surface area contributed by atoms with Crippen LogP contribution < -0.4 is 10.6 Å². The van der Waals surface area contributed by atoms with Gasteiger partial charge in [0, 0.05) is 24.7 Å². The Balaban J connectivity index is 1.74. The molecule has 2 N–H and O–H groups in total. The van der Waals surface area contributed by atoms with E-state index in [-0.39, 0.29) is 30.2 Å². The van der Waals surface area contributed by atoms with E-state index < -0.39 is 0 Å². The van der Waals surface area contributed by atoms with Crippen LogP contribution in [0.3, 0.4) is 0 Å². The van der Waals surface area contributed by atoms with E-state index >= 15 is 0 Å². The first-order valence-corrected chi connectivity index (χ1v) is 9.34. The number of nitrogens with two attached hydrogens (primary N) is 1. The average Bonchev–Trinajstić information content (AvgIpc) is 2.57. The minimum Gasteiger partial charge on any atom is -0.369 e. The molecule has 2 aliphatic heterocycles. The predicted octanol–water partition coefficient (Wildman–Crippen LogP) is 0.861. The van der Waals surface area contributed by atoms with E-state index in [2.05, 4.69) is 4.98 Å². The minimum atomic E-state index is -0.304. The number of anilines is 1. The SMILES string of the molecule is Cc1cc(C)c2c(n1)SCC(=O)N2CC(=O)N1CCC(C(N)=O)CC1. The second kappa shape index (κ2) is 7.03. The molecule has 7 nitrogen and oxygen atoms in total. The van der Waals surface area contributed by atoms with Crippen molar-refractivity contribution in [3.05, 3.63) is 17.3 Å². The van der Waals surface area contributed by atoms with Crippen molar-refractivity contribution in [3.63, 3.8) is 0 Å². The number of pyridine rings is 1. The van der Waals surface area contributed by atoms with Gasteiger partial charge in [-0.1, -0.05) is 11.8 Å². The van der Waals surface area contributed by atoms with Crippen molar-refractivity contribution in [2.45, 2.75) is 31.7 Å². The van der Waals surface area contributed by atoms with Gasteiger partial charge in [-0.3, -0.25) is 19.3 Å². The van der Waals surface area contributed by atoms with Gasteiger partial charge in [0.1, 0.15) is 11.6 Å². The van der Waals surface area contributed by atoms with Crippen LogP contribution >= 0.6 is 11.8 Å². The fourth-order valence-electron chi connectivity index (χ4n) is 3.37. The van der Waals surface area contributed by atoms with Gasteiger partial charge in [0.2, 0.25) is 17.7 Å². The molecule has 3 heterocycles. The molecule has 1 fully saturated rings. The molecule has 0 saturated carbocycles. The van der Waals surface area contributed by atoms with Crippen LogP contribution in [-0.2, 0) is 14.4 Å². The molecule has 0 aliphatic carbocycles. The Morgan fingerprint density at radius 3 is 2.64 bits per heavy atom. The first kappa shape index (κ1) is 17.7. The number of hydrogen-bond acceptors (Lipinski definition) is 5. The third-order valence-electron chi connectivity index (χ3n) is 4.73. The van der Waals surface area contributed by atoms with Crippen LogP contribution in [0.15, 0.2) is 11.1 Å². The Morgan fingerprint density at radius 2 is 2.00 bits per heavy atom. The molecule has 0 bridgehead atoms. The molecule has 1 aromatic heterocycles. The molecule has 25 heavy (non-hydrogen) atoms. The number of piperidine rings is 1. The largest absolute Gasteiger partial charge is 0.369 e. The molecule has 2 aliphatic rings. The van der Waals surface area contributed by atoms with E-state index in [0.29, 0.717) is 31.7 Å². The van der Waals surface area contributed by atoms with Gasteiger partial charge in [-0.05, 0) is 38.3 Å². The highest BCUT2D eigenvalue weighted by atomic mass is 32.2. The Bertz CT molecular complexity index is 729. The summed E-state index contributed by atoms with van der Waals surface area (Å²) in [6.45, 7) is 4.87. The third kappa shape index (κ3) is 3.63. The van der Waals surface area contributed by atoms with Gasteiger partial charge in [-0.25, -0.2) is 4.98 Å². The van der Waals surface area contributed by atoms with Crippen molar-refractivity contribution in [1.29, 1.82) is 0 Å². The van der Waals surface area contributed by atoms with E-state index in [0.717, 1.165) is 22.0 Å². The molecule has 8 heteroatoms. The topological polar surface area (TPSA) is 96.6 Å². The molecule has 0 radical (unpaired) electrons. The normalized spacial score (nSPS) is 18.2. The smallest absolute Gasteiger partial charge is 0.242 e. The van der Waals surface area contributed by atoms with Crippen molar-refractivity contribution in [2.75, 3.05) is 30.3 Å². The average molecular weight is 362 g/mol. The molecule has 0 atom stereocenters. The van der Waals surface area contributed by atoms with Gasteiger partial charge in [-0.2, -0.15) is 0 Å². The molecule has 0 aromatic carbocycles. The van der Waals surface area contributed by atoms with E-state index in [1.807, 2.05) is 19.9 Å². The number of aryl methyl sites for hydroxylation is 2. The summed E-state index contributed by atoms with van der Waals surface area (Å²) < 4.78 is 0. The lowest BCUT2D eigenvalue weighted by Gasteiger charge is -2.34. The van der Waals surface area contributed by atoms with E-state index in [9.17, 15) is 14.4 Å². The van der Waals surface area contributed by atoms with Crippen LogP contribution in [0.25, 0.3) is 0 Å². The maximum absolute atomic E-state index is 12.7. The van der Waals surface area contributed by atoms with Crippen LogP contribution in [0, 0.1) is 19.8 Å². The number of amides is 3. The molecule has 0 unspecified atom stereocenters. The molecule has 1 aromatic rings. The van der Waals surface area contributed by atoms with E-state index in [4.69, 9.17) is 5.73 Å². The Labute approximate surface area is 150 Å². The Kier molecular flexibility index (Phi) is 4.99. The van der Waals surface area contributed by atoms with Crippen molar-refractivity contribution in [1.82, 2.24) is 9.88 Å². The summed E-state index contributed by atoms with van der Waals surface area (Å²) in [5.74, 6) is -0.353. The lowest BCUT2D eigenvalue weighted by molar-refractivity contribution is -0.134. The van der Waals surface area contributed by atoms with Gasteiger partial charge in [-0.15, -0.1) is 0 Å². The summed E-state index contributed by atoms with van der Waals surface area (Å²) >= 11 is 1.42. The molecule has 134 valence electrons.